The van der Waals surface area contributed by atoms with E-state index >= 15 is 0 Å². The third-order valence-corrected chi connectivity index (χ3v) is 3.16. The van der Waals surface area contributed by atoms with Gasteiger partial charge in [0, 0.05) is 10.9 Å². The maximum atomic E-state index is 11.2. The van der Waals surface area contributed by atoms with Gasteiger partial charge in [-0.2, -0.15) is 0 Å². The van der Waals surface area contributed by atoms with Gasteiger partial charge < -0.3 is 4.79 Å². The Balaban J connectivity index is 2.22. The number of aldehydes is 1. The molecular formula is C15H13ClO. The molecule has 0 saturated carbocycles. The molecule has 0 aliphatic rings. The highest BCUT2D eigenvalue weighted by atomic mass is 35.5. The second-order valence-electron chi connectivity index (χ2n) is 3.95. The Labute approximate surface area is 106 Å². The molecular weight excluding hydrogens is 232 g/mol. The van der Waals surface area contributed by atoms with E-state index in [0.717, 1.165) is 22.4 Å². The fourth-order valence-corrected chi connectivity index (χ4v) is 2.06. The van der Waals surface area contributed by atoms with Gasteiger partial charge in [0.05, 0.1) is 0 Å². The largest absolute Gasteiger partial charge is 0.303 e. The summed E-state index contributed by atoms with van der Waals surface area (Å²) >= 11 is 6.10. The van der Waals surface area contributed by atoms with Crippen molar-refractivity contribution >= 4 is 17.9 Å². The maximum absolute atomic E-state index is 11.2. The molecule has 0 amide bonds. The molecule has 2 aromatic rings. The van der Waals surface area contributed by atoms with Crippen LogP contribution in [0, 0.1) is 0 Å². The molecule has 86 valence electrons. The van der Waals surface area contributed by atoms with Gasteiger partial charge in [-0.05, 0) is 23.6 Å². The van der Waals surface area contributed by atoms with Crippen molar-refractivity contribution < 1.29 is 4.79 Å². The molecule has 0 aliphatic carbocycles. The minimum Gasteiger partial charge on any atom is -0.303 e. The van der Waals surface area contributed by atoms with Crippen molar-refractivity contribution in [2.24, 2.45) is 0 Å². The minimum absolute atomic E-state index is 0.129. The molecule has 1 nitrogen and oxygen atoms in total. The summed E-state index contributed by atoms with van der Waals surface area (Å²) in [6.45, 7) is 0. The lowest BCUT2D eigenvalue weighted by Crippen LogP contribution is -2.04. The first-order chi connectivity index (χ1) is 8.31. The monoisotopic (exact) mass is 244 g/mol. The normalized spacial score (nSPS) is 12.1. The Morgan fingerprint density at radius 2 is 1.65 bits per heavy atom. The van der Waals surface area contributed by atoms with Crippen LogP contribution in [0.5, 0.6) is 0 Å². The summed E-state index contributed by atoms with van der Waals surface area (Å²) in [6.07, 6.45) is 1.63. The van der Waals surface area contributed by atoms with Crippen LogP contribution in [0.15, 0.2) is 54.6 Å². The zero-order valence-electron chi connectivity index (χ0n) is 9.34. The third-order valence-electron chi connectivity index (χ3n) is 2.79. The van der Waals surface area contributed by atoms with E-state index in [0.29, 0.717) is 6.42 Å². The van der Waals surface area contributed by atoms with Gasteiger partial charge in [-0.25, -0.2) is 0 Å². The molecule has 0 fully saturated rings. The first kappa shape index (κ1) is 11.9. The predicted molar refractivity (Wildman–Crippen MR) is 70.4 cm³/mol. The van der Waals surface area contributed by atoms with E-state index in [1.54, 1.807) is 0 Å². The van der Waals surface area contributed by atoms with E-state index in [4.69, 9.17) is 11.6 Å². The molecule has 0 radical (unpaired) electrons. The first-order valence-electron chi connectivity index (χ1n) is 5.55. The Bertz CT molecular complexity index is 493. The van der Waals surface area contributed by atoms with Gasteiger partial charge in [-0.15, -0.1) is 0 Å². The van der Waals surface area contributed by atoms with Crippen LogP contribution >= 0.6 is 11.6 Å². The fourth-order valence-electron chi connectivity index (χ4n) is 1.85. The van der Waals surface area contributed by atoms with Gasteiger partial charge >= 0.3 is 0 Å². The lowest BCUT2D eigenvalue weighted by Gasteiger charge is -2.11. The quantitative estimate of drug-likeness (QED) is 0.747. The number of hydrogen-bond donors (Lipinski definition) is 0. The molecule has 1 unspecified atom stereocenters. The minimum atomic E-state index is -0.129. The van der Waals surface area contributed by atoms with Crippen LogP contribution in [0.4, 0.5) is 0 Å². The standard InChI is InChI=1S/C15H13ClO/c16-15-9-5-4-8-13(15)10-14(11-17)12-6-2-1-3-7-12/h1-9,11,14H,10H2. The van der Waals surface area contributed by atoms with Gasteiger partial charge in [-0.3, -0.25) is 0 Å². The summed E-state index contributed by atoms with van der Waals surface area (Å²) in [5.74, 6) is -0.129. The summed E-state index contributed by atoms with van der Waals surface area (Å²) in [6, 6.07) is 17.4. The van der Waals surface area contributed by atoms with Gasteiger partial charge in [-0.1, -0.05) is 60.1 Å². The molecule has 1 atom stereocenters. The third kappa shape index (κ3) is 2.95. The van der Waals surface area contributed by atoms with Crippen LogP contribution in [0.1, 0.15) is 17.0 Å². The molecule has 2 heteroatoms. The predicted octanol–water partition coefficient (Wildman–Crippen LogP) is 3.87. The van der Waals surface area contributed by atoms with Crippen molar-refractivity contribution in [2.75, 3.05) is 0 Å². The van der Waals surface area contributed by atoms with E-state index in [-0.39, 0.29) is 5.92 Å². The van der Waals surface area contributed by atoms with Crippen LogP contribution in [0.25, 0.3) is 0 Å². The molecule has 0 N–H and O–H groups in total. The van der Waals surface area contributed by atoms with Crippen molar-refractivity contribution in [3.05, 3.63) is 70.7 Å². The zero-order chi connectivity index (χ0) is 12.1. The number of carbonyl (C=O) groups is 1. The Morgan fingerprint density at radius 1 is 1.00 bits per heavy atom. The Kier molecular flexibility index (Phi) is 3.94. The van der Waals surface area contributed by atoms with E-state index in [1.165, 1.54) is 0 Å². The average molecular weight is 245 g/mol. The molecule has 0 aromatic heterocycles. The van der Waals surface area contributed by atoms with Crippen molar-refractivity contribution in [2.45, 2.75) is 12.3 Å². The fraction of sp³-hybridized carbons (Fsp3) is 0.133. The smallest absolute Gasteiger partial charge is 0.127 e. The highest BCUT2D eigenvalue weighted by Gasteiger charge is 2.12. The van der Waals surface area contributed by atoms with Crippen LogP contribution < -0.4 is 0 Å². The van der Waals surface area contributed by atoms with Crippen molar-refractivity contribution in [3.8, 4) is 0 Å². The van der Waals surface area contributed by atoms with E-state index in [9.17, 15) is 4.79 Å². The molecule has 2 aromatic carbocycles. The molecule has 0 spiro atoms. The van der Waals surface area contributed by atoms with Crippen LogP contribution in [-0.4, -0.2) is 6.29 Å². The average Bonchev–Trinajstić information content (AvgIpc) is 2.39. The van der Waals surface area contributed by atoms with E-state index in [1.807, 2.05) is 54.6 Å². The van der Waals surface area contributed by atoms with Crippen LogP contribution in [0.3, 0.4) is 0 Å². The van der Waals surface area contributed by atoms with Gasteiger partial charge in [0.1, 0.15) is 6.29 Å². The van der Waals surface area contributed by atoms with Crippen LogP contribution in [-0.2, 0) is 11.2 Å². The van der Waals surface area contributed by atoms with Crippen molar-refractivity contribution in [3.63, 3.8) is 0 Å². The lowest BCUT2D eigenvalue weighted by molar-refractivity contribution is -0.109. The first-order valence-corrected chi connectivity index (χ1v) is 5.92. The van der Waals surface area contributed by atoms with E-state index < -0.39 is 0 Å². The summed E-state index contributed by atoms with van der Waals surface area (Å²) in [5.41, 5.74) is 2.04. The summed E-state index contributed by atoms with van der Waals surface area (Å²) in [7, 11) is 0. The maximum Gasteiger partial charge on any atom is 0.127 e. The molecule has 0 bridgehead atoms. The molecule has 17 heavy (non-hydrogen) atoms. The van der Waals surface area contributed by atoms with Crippen molar-refractivity contribution in [1.82, 2.24) is 0 Å². The topological polar surface area (TPSA) is 17.1 Å². The Morgan fingerprint density at radius 3 is 2.29 bits per heavy atom. The highest BCUT2D eigenvalue weighted by molar-refractivity contribution is 6.31. The zero-order valence-corrected chi connectivity index (χ0v) is 10.1. The van der Waals surface area contributed by atoms with Gasteiger partial charge in [0.25, 0.3) is 0 Å². The van der Waals surface area contributed by atoms with Gasteiger partial charge in [0.2, 0.25) is 0 Å². The number of hydrogen-bond acceptors (Lipinski definition) is 1. The van der Waals surface area contributed by atoms with Crippen LogP contribution in [0.2, 0.25) is 5.02 Å². The lowest BCUT2D eigenvalue weighted by atomic mass is 9.93. The molecule has 2 rings (SSSR count). The van der Waals surface area contributed by atoms with Crippen molar-refractivity contribution in [1.29, 1.82) is 0 Å². The molecule has 0 saturated heterocycles. The highest BCUT2D eigenvalue weighted by Crippen LogP contribution is 2.23. The Hall–Kier alpha value is -1.60. The number of rotatable bonds is 4. The summed E-state index contributed by atoms with van der Waals surface area (Å²) in [5, 5.41) is 0.718. The molecule has 0 heterocycles. The second-order valence-corrected chi connectivity index (χ2v) is 4.36. The molecule has 0 aliphatic heterocycles. The number of carbonyl (C=O) groups excluding carboxylic acids is 1. The summed E-state index contributed by atoms with van der Waals surface area (Å²) in [4.78, 5) is 11.2. The second kappa shape index (κ2) is 5.65. The van der Waals surface area contributed by atoms with E-state index in [2.05, 4.69) is 0 Å². The number of halogens is 1. The number of benzene rings is 2. The summed E-state index contributed by atoms with van der Waals surface area (Å²) < 4.78 is 0. The SMILES string of the molecule is O=CC(Cc1ccccc1Cl)c1ccccc1. The van der Waals surface area contributed by atoms with Gasteiger partial charge in [0.15, 0.2) is 0 Å².